The number of aliphatic hydroxyl groups is 2. The SMILES string of the molecule is [CH]C(C)=CCC1=C(C)C(=O)C(CO)=C(CO)C1=O. The Labute approximate surface area is 106 Å². The number of aliphatic hydroxyl groups excluding tert-OH is 2. The number of hydrogen-bond donors (Lipinski definition) is 2. The number of allylic oxidation sites excluding steroid dienone is 4. The summed E-state index contributed by atoms with van der Waals surface area (Å²) in [6.45, 7) is 7.63. The minimum atomic E-state index is -0.553. The van der Waals surface area contributed by atoms with Crippen LogP contribution in [-0.4, -0.2) is 35.0 Å². The third kappa shape index (κ3) is 2.66. The van der Waals surface area contributed by atoms with E-state index >= 15 is 0 Å². The molecule has 0 atom stereocenters. The summed E-state index contributed by atoms with van der Waals surface area (Å²) in [4.78, 5) is 24.0. The third-order valence-corrected chi connectivity index (χ3v) is 2.92. The topological polar surface area (TPSA) is 74.6 Å². The zero-order valence-electron chi connectivity index (χ0n) is 10.5. The van der Waals surface area contributed by atoms with Gasteiger partial charge < -0.3 is 10.2 Å². The first-order valence-electron chi connectivity index (χ1n) is 5.59. The summed E-state index contributed by atoms with van der Waals surface area (Å²) >= 11 is 0. The van der Waals surface area contributed by atoms with Crippen LogP contribution in [0.1, 0.15) is 20.3 Å². The lowest BCUT2D eigenvalue weighted by Crippen LogP contribution is -2.26. The number of carbonyl (C=O) groups is 2. The molecule has 0 aromatic rings. The normalized spacial score (nSPS) is 17.9. The second-order valence-corrected chi connectivity index (χ2v) is 4.19. The van der Waals surface area contributed by atoms with E-state index in [1.54, 1.807) is 19.9 Å². The number of ketones is 2. The molecule has 0 heterocycles. The minimum absolute atomic E-state index is 0.0165. The van der Waals surface area contributed by atoms with Crippen molar-refractivity contribution < 1.29 is 19.8 Å². The second-order valence-electron chi connectivity index (χ2n) is 4.19. The van der Waals surface area contributed by atoms with Gasteiger partial charge in [0.1, 0.15) is 0 Å². The molecule has 0 aromatic carbocycles. The first kappa shape index (κ1) is 14.5. The van der Waals surface area contributed by atoms with Crippen LogP contribution in [0, 0.1) is 6.92 Å². The molecule has 0 spiro atoms. The van der Waals surface area contributed by atoms with Crippen LogP contribution in [0.3, 0.4) is 0 Å². The highest BCUT2D eigenvalue weighted by atomic mass is 16.3. The second kappa shape index (κ2) is 5.89. The van der Waals surface area contributed by atoms with Gasteiger partial charge in [0.05, 0.1) is 13.2 Å². The van der Waals surface area contributed by atoms with Crippen LogP contribution in [0.5, 0.6) is 0 Å². The summed E-state index contributed by atoms with van der Waals surface area (Å²) in [7, 11) is 0. The summed E-state index contributed by atoms with van der Waals surface area (Å²) in [6.07, 6.45) is 1.89. The zero-order chi connectivity index (χ0) is 13.9. The largest absolute Gasteiger partial charge is 0.392 e. The smallest absolute Gasteiger partial charge is 0.188 e. The highest BCUT2D eigenvalue weighted by molar-refractivity contribution is 6.25. The predicted octanol–water partition coefficient (Wildman–Crippen LogP) is 0.783. The summed E-state index contributed by atoms with van der Waals surface area (Å²) in [5, 5.41) is 18.3. The Hall–Kier alpha value is -1.52. The van der Waals surface area contributed by atoms with Crippen LogP contribution in [-0.2, 0) is 9.59 Å². The van der Waals surface area contributed by atoms with Crippen LogP contribution >= 0.6 is 0 Å². The van der Waals surface area contributed by atoms with Crippen molar-refractivity contribution >= 4 is 11.6 Å². The van der Waals surface area contributed by atoms with Gasteiger partial charge in [0.15, 0.2) is 11.6 Å². The Morgan fingerprint density at radius 1 is 1.11 bits per heavy atom. The van der Waals surface area contributed by atoms with E-state index in [0.717, 1.165) is 0 Å². The van der Waals surface area contributed by atoms with E-state index in [2.05, 4.69) is 0 Å². The van der Waals surface area contributed by atoms with Crippen LogP contribution in [0.15, 0.2) is 33.9 Å². The van der Waals surface area contributed by atoms with Crippen molar-refractivity contribution in [2.24, 2.45) is 0 Å². The number of rotatable bonds is 4. The van der Waals surface area contributed by atoms with Crippen molar-refractivity contribution in [2.75, 3.05) is 13.2 Å². The van der Waals surface area contributed by atoms with Crippen LogP contribution in [0.4, 0.5) is 0 Å². The molecule has 0 bridgehead atoms. The van der Waals surface area contributed by atoms with Gasteiger partial charge in [-0.2, -0.15) is 0 Å². The van der Waals surface area contributed by atoms with Crippen LogP contribution in [0.2, 0.25) is 0 Å². The van der Waals surface area contributed by atoms with Gasteiger partial charge in [-0.3, -0.25) is 9.59 Å². The predicted molar refractivity (Wildman–Crippen MR) is 66.6 cm³/mol. The molecule has 0 fully saturated rings. The van der Waals surface area contributed by atoms with E-state index in [-0.39, 0.29) is 23.4 Å². The maximum absolute atomic E-state index is 12.1. The maximum atomic E-state index is 12.1. The molecule has 0 unspecified atom stereocenters. The number of hydrogen-bond acceptors (Lipinski definition) is 4. The molecule has 96 valence electrons. The van der Waals surface area contributed by atoms with Crippen molar-refractivity contribution in [1.82, 2.24) is 0 Å². The molecule has 0 amide bonds. The Bertz CT molecular complexity index is 474. The Morgan fingerprint density at radius 3 is 2.06 bits per heavy atom. The number of Topliss-reactive ketones (excluding diaryl/α,β-unsaturated/α-hetero) is 2. The van der Waals surface area contributed by atoms with Crippen molar-refractivity contribution in [3.8, 4) is 0 Å². The lowest BCUT2D eigenvalue weighted by molar-refractivity contribution is -0.117. The van der Waals surface area contributed by atoms with Crippen molar-refractivity contribution in [1.29, 1.82) is 0 Å². The average Bonchev–Trinajstić information content (AvgIpc) is 2.32. The lowest BCUT2D eigenvalue weighted by Gasteiger charge is -2.19. The fraction of sp³-hybridized carbons (Fsp3) is 0.357. The van der Waals surface area contributed by atoms with Gasteiger partial charge in [-0.05, 0) is 27.2 Å². The molecule has 18 heavy (non-hydrogen) atoms. The van der Waals surface area contributed by atoms with E-state index in [9.17, 15) is 9.59 Å². The Kier molecular flexibility index (Phi) is 4.76. The minimum Gasteiger partial charge on any atom is -0.392 e. The van der Waals surface area contributed by atoms with Gasteiger partial charge in [-0.1, -0.05) is 11.6 Å². The first-order valence-corrected chi connectivity index (χ1v) is 5.59. The zero-order valence-corrected chi connectivity index (χ0v) is 10.5. The van der Waals surface area contributed by atoms with Gasteiger partial charge in [-0.15, -0.1) is 0 Å². The van der Waals surface area contributed by atoms with Crippen molar-refractivity contribution in [3.05, 3.63) is 40.9 Å². The van der Waals surface area contributed by atoms with E-state index in [1.807, 2.05) is 0 Å². The lowest BCUT2D eigenvalue weighted by atomic mass is 9.83. The van der Waals surface area contributed by atoms with Crippen molar-refractivity contribution in [3.63, 3.8) is 0 Å². The van der Waals surface area contributed by atoms with Crippen molar-refractivity contribution in [2.45, 2.75) is 20.3 Å². The highest BCUT2D eigenvalue weighted by Crippen LogP contribution is 2.26. The molecule has 0 saturated carbocycles. The quantitative estimate of drug-likeness (QED) is 0.721. The van der Waals surface area contributed by atoms with Gasteiger partial charge in [-0.25, -0.2) is 0 Å². The monoisotopic (exact) mass is 248 g/mol. The molecular formula is C14H16O4. The van der Waals surface area contributed by atoms with Gasteiger partial charge in [0, 0.05) is 22.3 Å². The molecule has 0 aromatic heterocycles. The fourth-order valence-electron chi connectivity index (χ4n) is 1.83. The molecular weight excluding hydrogens is 232 g/mol. The summed E-state index contributed by atoms with van der Waals surface area (Å²) < 4.78 is 0. The average molecular weight is 248 g/mol. The summed E-state index contributed by atoms with van der Waals surface area (Å²) in [6, 6.07) is 0. The molecule has 2 radical (unpaired) electrons. The fourth-order valence-corrected chi connectivity index (χ4v) is 1.83. The summed E-state index contributed by atoms with van der Waals surface area (Å²) in [5.74, 6) is -0.782. The van der Waals surface area contributed by atoms with Gasteiger partial charge in [0.2, 0.25) is 0 Å². The molecule has 1 aliphatic rings. The Morgan fingerprint density at radius 2 is 1.61 bits per heavy atom. The van der Waals surface area contributed by atoms with Gasteiger partial charge in [0.25, 0.3) is 0 Å². The molecule has 0 saturated heterocycles. The Balaban J connectivity index is 3.22. The molecule has 1 aliphatic carbocycles. The van der Waals surface area contributed by atoms with E-state index in [0.29, 0.717) is 16.7 Å². The van der Waals surface area contributed by atoms with E-state index in [1.165, 1.54) is 0 Å². The molecule has 0 aliphatic heterocycles. The standard InChI is InChI=1S/C14H16O4/c1-8(2)4-5-10-9(3)13(17)11(6-15)12(7-16)14(10)18/h1,4,15-16H,5-7H2,2-3H3. The van der Waals surface area contributed by atoms with Crippen LogP contribution in [0.25, 0.3) is 0 Å². The highest BCUT2D eigenvalue weighted by Gasteiger charge is 2.30. The van der Waals surface area contributed by atoms with E-state index < -0.39 is 19.0 Å². The number of carbonyl (C=O) groups excluding carboxylic acids is 2. The van der Waals surface area contributed by atoms with E-state index in [4.69, 9.17) is 17.1 Å². The molecule has 1 rings (SSSR count). The molecule has 2 N–H and O–H groups in total. The molecule has 4 heteroatoms. The third-order valence-electron chi connectivity index (χ3n) is 2.92. The molecule has 4 nitrogen and oxygen atoms in total. The van der Waals surface area contributed by atoms with Gasteiger partial charge >= 0.3 is 0 Å². The first-order chi connectivity index (χ1) is 8.43. The maximum Gasteiger partial charge on any atom is 0.188 e. The summed E-state index contributed by atoms with van der Waals surface area (Å²) in [5.41, 5.74) is 1.14. The van der Waals surface area contributed by atoms with Crippen LogP contribution < -0.4 is 0 Å².